The van der Waals surface area contributed by atoms with Gasteiger partial charge in [-0.15, -0.1) is 11.3 Å². The number of rotatable bonds is 6. The van der Waals surface area contributed by atoms with Crippen molar-refractivity contribution in [2.45, 2.75) is 43.7 Å². The first-order valence-corrected chi connectivity index (χ1v) is 14.8. The van der Waals surface area contributed by atoms with Gasteiger partial charge in [-0.25, -0.2) is 8.42 Å². The topological polar surface area (TPSA) is 79.8 Å². The Hall–Kier alpha value is -3.27. The number of hydrogen-bond acceptors (Lipinski definition) is 6. The second-order valence-electron chi connectivity index (χ2n) is 10.3. The molecule has 0 saturated carbocycles. The largest absolute Gasteiger partial charge is 0.497 e. The zero-order chi connectivity index (χ0) is 27.1. The molecule has 38 heavy (non-hydrogen) atoms. The van der Waals surface area contributed by atoms with Crippen LogP contribution in [-0.4, -0.2) is 54.3 Å². The summed E-state index contributed by atoms with van der Waals surface area (Å²) in [5, 5.41) is 2.78. The molecule has 7 nitrogen and oxygen atoms in total. The maximum atomic E-state index is 14.1. The van der Waals surface area contributed by atoms with E-state index in [1.165, 1.54) is 9.18 Å². The number of fused-ring (bicyclic) bond motifs is 2. The molecule has 1 amide bonds. The van der Waals surface area contributed by atoms with Gasteiger partial charge >= 0.3 is 0 Å². The van der Waals surface area contributed by atoms with Crippen LogP contribution in [0.3, 0.4) is 0 Å². The number of para-hydroxylation sites is 1. The molecule has 3 heterocycles. The second kappa shape index (κ2) is 10.1. The first-order valence-electron chi connectivity index (χ1n) is 12.5. The molecule has 5 rings (SSSR count). The smallest absolute Gasteiger partial charge is 0.246 e. The van der Waals surface area contributed by atoms with Crippen molar-refractivity contribution in [2.24, 2.45) is 0 Å². The fourth-order valence-corrected chi connectivity index (χ4v) is 7.84. The molecule has 0 bridgehead atoms. The molecule has 1 aliphatic heterocycles. The van der Waals surface area contributed by atoms with Crippen LogP contribution >= 0.6 is 11.3 Å². The van der Waals surface area contributed by atoms with Gasteiger partial charge in [-0.3, -0.25) is 9.78 Å². The summed E-state index contributed by atoms with van der Waals surface area (Å²) in [6.07, 6.45) is 2.32. The Kier molecular flexibility index (Phi) is 7.02. The Bertz CT molecular complexity index is 1570. The average molecular weight is 550 g/mol. The highest BCUT2D eigenvalue weighted by Crippen LogP contribution is 2.39. The van der Waals surface area contributed by atoms with Gasteiger partial charge in [0.05, 0.1) is 25.2 Å². The third-order valence-electron chi connectivity index (χ3n) is 6.91. The van der Waals surface area contributed by atoms with E-state index in [2.05, 4.69) is 16.4 Å². The predicted octanol–water partition coefficient (Wildman–Crippen LogP) is 5.27. The number of sulfonamides is 1. The predicted molar refractivity (Wildman–Crippen MR) is 150 cm³/mol. The number of pyridine rings is 1. The number of carbonyl (C=O) groups is 1. The van der Waals surface area contributed by atoms with E-state index in [9.17, 15) is 13.2 Å². The molecule has 0 radical (unpaired) electrons. The zero-order valence-corrected chi connectivity index (χ0v) is 23.6. The van der Waals surface area contributed by atoms with Crippen LogP contribution in [0.5, 0.6) is 5.75 Å². The molecule has 0 saturated heterocycles. The average Bonchev–Trinajstić information content (AvgIpc) is 3.39. The van der Waals surface area contributed by atoms with Gasteiger partial charge in [-0.1, -0.05) is 30.3 Å². The molecule has 0 aliphatic carbocycles. The van der Waals surface area contributed by atoms with Gasteiger partial charge in [-0.05, 0) is 74.0 Å². The standard InChI is InChI=1S/C29H31N3O4S2/c1-29(2,3)32(38(34,35)25-9-5-7-20-8-6-16-30-27(20)25)19-26(33)31-17-14-24-23(15-18-37-24)28(31)21-10-12-22(36-4)13-11-21/h5-13,15-16,18,28H,14,17,19H2,1-4H3. The Morgan fingerprint density at radius 1 is 1.11 bits per heavy atom. The van der Waals surface area contributed by atoms with Crippen LogP contribution in [0, 0.1) is 0 Å². The van der Waals surface area contributed by atoms with Crippen molar-refractivity contribution in [3.8, 4) is 5.75 Å². The lowest BCUT2D eigenvalue weighted by molar-refractivity contribution is -0.134. The molecule has 0 spiro atoms. The highest BCUT2D eigenvalue weighted by molar-refractivity contribution is 7.89. The fraction of sp³-hybridized carbons (Fsp3) is 0.310. The molecular weight excluding hydrogens is 518 g/mol. The lowest BCUT2D eigenvalue weighted by Crippen LogP contribution is -2.52. The van der Waals surface area contributed by atoms with Crippen molar-refractivity contribution in [3.63, 3.8) is 0 Å². The van der Waals surface area contributed by atoms with Crippen molar-refractivity contribution in [1.82, 2.24) is 14.2 Å². The monoisotopic (exact) mass is 549 g/mol. The number of aromatic nitrogens is 1. The van der Waals surface area contributed by atoms with Crippen molar-refractivity contribution in [2.75, 3.05) is 20.2 Å². The van der Waals surface area contributed by atoms with E-state index in [0.29, 0.717) is 12.1 Å². The van der Waals surface area contributed by atoms with Gasteiger partial charge in [-0.2, -0.15) is 4.31 Å². The lowest BCUT2D eigenvalue weighted by atomic mass is 9.93. The van der Waals surface area contributed by atoms with Crippen molar-refractivity contribution >= 4 is 38.2 Å². The van der Waals surface area contributed by atoms with E-state index in [-0.39, 0.29) is 23.4 Å². The number of thiophene rings is 1. The van der Waals surface area contributed by atoms with Gasteiger partial charge in [0.2, 0.25) is 15.9 Å². The van der Waals surface area contributed by atoms with Crippen LogP contribution in [0.1, 0.15) is 42.8 Å². The summed E-state index contributed by atoms with van der Waals surface area (Å²) >= 11 is 1.69. The molecule has 0 fully saturated rings. The van der Waals surface area contributed by atoms with E-state index in [4.69, 9.17) is 4.74 Å². The summed E-state index contributed by atoms with van der Waals surface area (Å²) in [6.45, 7) is 5.66. The number of amides is 1. The number of methoxy groups -OCH3 is 1. The quantitative estimate of drug-likeness (QED) is 0.327. The number of benzene rings is 2. The third-order valence-corrected chi connectivity index (χ3v) is 10.0. The van der Waals surface area contributed by atoms with Crippen molar-refractivity contribution in [1.29, 1.82) is 0 Å². The molecule has 1 aliphatic rings. The minimum atomic E-state index is -4.05. The Labute approximate surface area is 227 Å². The summed E-state index contributed by atoms with van der Waals surface area (Å²) in [5.74, 6) is 0.496. The number of hydrogen-bond donors (Lipinski definition) is 0. The SMILES string of the molecule is COc1ccc(C2c3ccsc3CCN2C(=O)CN(C(C)(C)C)S(=O)(=O)c2cccc3cccnc23)cc1. The summed E-state index contributed by atoms with van der Waals surface area (Å²) in [6, 6.07) is 18.2. The number of carbonyl (C=O) groups excluding carboxylic acids is 1. The van der Waals surface area contributed by atoms with Gasteiger partial charge in [0.15, 0.2) is 0 Å². The highest BCUT2D eigenvalue weighted by atomic mass is 32.2. The first kappa shape index (κ1) is 26.3. The third kappa shape index (κ3) is 4.81. The molecule has 1 atom stereocenters. The number of nitrogens with zero attached hydrogens (tertiary/aromatic N) is 3. The van der Waals surface area contributed by atoms with Crippen LogP contribution in [0.4, 0.5) is 0 Å². The van der Waals surface area contributed by atoms with Crippen LogP contribution in [-0.2, 0) is 21.2 Å². The fourth-order valence-electron chi connectivity index (χ4n) is 5.03. The van der Waals surface area contributed by atoms with E-state index < -0.39 is 15.6 Å². The van der Waals surface area contributed by atoms with E-state index in [1.54, 1.807) is 42.8 Å². The van der Waals surface area contributed by atoms with Crippen molar-refractivity contribution < 1.29 is 17.9 Å². The number of ether oxygens (including phenoxy) is 1. The van der Waals surface area contributed by atoms with E-state index in [0.717, 1.165) is 28.7 Å². The Balaban J connectivity index is 1.53. The Morgan fingerprint density at radius 2 is 1.84 bits per heavy atom. The van der Waals surface area contributed by atoms with E-state index in [1.807, 2.05) is 62.1 Å². The van der Waals surface area contributed by atoms with Crippen molar-refractivity contribution in [3.05, 3.63) is 88.2 Å². The normalized spacial score (nSPS) is 16.0. The Morgan fingerprint density at radius 3 is 2.55 bits per heavy atom. The minimum absolute atomic E-state index is 0.101. The van der Waals surface area contributed by atoms with E-state index >= 15 is 0 Å². The molecule has 2 aromatic heterocycles. The molecular formula is C29H31N3O4S2. The molecule has 0 N–H and O–H groups in total. The van der Waals surface area contributed by atoms with Gasteiger partial charge in [0, 0.05) is 28.5 Å². The molecule has 198 valence electrons. The van der Waals surface area contributed by atoms with Crippen LogP contribution < -0.4 is 4.74 Å². The summed E-state index contributed by atoms with van der Waals surface area (Å²) in [7, 11) is -2.43. The van der Waals surface area contributed by atoms with Crippen LogP contribution in [0.15, 0.2) is 77.1 Å². The van der Waals surface area contributed by atoms with Crippen LogP contribution in [0.25, 0.3) is 10.9 Å². The van der Waals surface area contributed by atoms with Crippen LogP contribution in [0.2, 0.25) is 0 Å². The minimum Gasteiger partial charge on any atom is -0.497 e. The summed E-state index contributed by atoms with van der Waals surface area (Å²) < 4.78 is 34.8. The summed E-state index contributed by atoms with van der Waals surface area (Å²) in [4.78, 5) is 21.5. The molecule has 4 aromatic rings. The molecule has 2 aromatic carbocycles. The zero-order valence-electron chi connectivity index (χ0n) is 21.9. The highest BCUT2D eigenvalue weighted by Gasteiger charge is 2.40. The summed E-state index contributed by atoms with van der Waals surface area (Å²) in [5.41, 5.74) is 1.60. The van der Waals surface area contributed by atoms with Gasteiger partial charge in [0.25, 0.3) is 0 Å². The molecule has 9 heteroatoms. The van der Waals surface area contributed by atoms with Gasteiger partial charge in [0.1, 0.15) is 10.6 Å². The lowest BCUT2D eigenvalue weighted by Gasteiger charge is -2.40. The maximum absolute atomic E-state index is 14.1. The van der Waals surface area contributed by atoms with Gasteiger partial charge < -0.3 is 9.64 Å². The maximum Gasteiger partial charge on any atom is 0.246 e. The molecule has 1 unspecified atom stereocenters. The first-order chi connectivity index (χ1) is 18.1. The second-order valence-corrected chi connectivity index (χ2v) is 13.2.